The molecule has 1 unspecified atom stereocenters. The largest absolute Gasteiger partial charge is 0.444 e. The lowest BCUT2D eigenvalue weighted by Crippen LogP contribution is -2.18. The quantitative estimate of drug-likeness (QED) is 0.698. The average molecular weight is 281 g/mol. The first kappa shape index (κ1) is 14.5. The third-order valence-corrected chi connectivity index (χ3v) is 2.58. The van der Waals surface area contributed by atoms with Crippen molar-refractivity contribution in [2.75, 3.05) is 25.6 Å². The molecule has 2 heterocycles. The second-order valence-electron chi connectivity index (χ2n) is 4.35. The summed E-state index contributed by atoms with van der Waals surface area (Å²) in [5.74, 6) is 1.86. The Kier molecular flexibility index (Phi) is 5.08. The number of aromatic nitrogens is 3. The Morgan fingerprint density at radius 1 is 1.35 bits per heavy atom. The lowest BCUT2D eigenvalue weighted by molar-refractivity contribution is 0.198. The molecule has 0 fully saturated rings. The third kappa shape index (κ3) is 4.04. The molecular weight excluding hydrogens is 262 g/mol. The van der Waals surface area contributed by atoms with Crippen LogP contribution in [0.25, 0.3) is 0 Å². The number of hydrogen-bond acceptors (Lipinski definition) is 8. The Balaban J connectivity index is 1.83. The second kappa shape index (κ2) is 7.01. The van der Waals surface area contributed by atoms with E-state index < -0.39 is 0 Å². The van der Waals surface area contributed by atoms with Crippen LogP contribution in [0.3, 0.4) is 0 Å². The summed E-state index contributed by atoms with van der Waals surface area (Å²) >= 11 is 0. The van der Waals surface area contributed by atoms with E-state index in [1.54, 1.807) is 13.3 Å². The fraction of sp³-hybridized carbons (Fsp3) is 0.583. The molecule has 0 amide bonds. The van der Waals surface area contributed by atoms with Gasteiger partial charge in [-0.2, -0.15) is 0 Å². The van der Waals surface area contributed by atoms with Crippen molar-refractivity contribution in [1.82, 2.24) is 20.5 Å². The van der Waals surface area contributed by atoms with Crippen LogP contribution in [-0.2, 0) is 11.3 Å². The van der Waals surface area contributed by atoms with Gasteiger partial charge in [0.1, 0.15) is 11.8 Å². The van der Waals surface area contributed by atoms with E-state index in [1.165, 1.54) is 0 Å². The van der Waals surface area contributed by atoms with Gasteiger partial charge < -0.3 is 24.2 Å². The maximum absolute atomic E-state index is 5.46. The third-order valence-electron chi connectivity index (χ3n) is 2.58. The Morgan fingerprint density at radius 2 is 2.20 bits per heavy atom. The smallest absolute Gasteiger partial charge is 0.316 e. The minimum absolute atomic E-state index is 0.140. The van der Waals surface area contributed by atoms with E-state index in [-0.39, 0.29) is 6.04 Å². The summed E-state index contributed by atoms with van der Waals surface area (Å²) in [5, 5.41) is 14.0. The van der Waals surface area contributed by atoms with Gasteiger partial charge in [0, 0.05) is 13.7 Å². The number of nitrogens with zero attached hydrogens (tertiary/aromatic N) is 3. The van der Waals surface area contributed by atoms with Gasteiger partial charge in [0.05, 0.1) is 19.3 Å². The summed E-state index contributed by atoms with van der Waals surface area (Å²) in [7, 11) is 1.65. The van der Waals surface area contributed by atoms with E-state index >= 15 is 0 Å². The molecule has 0 spiro atoms. The molecule has 2 rings (SSSR count). The molecule has 0 radical (unpaired) electrons. The number of methoxy groups -OCH3 is 1. The number of aryl methyl sites for hydroxylation is 1. The molecule has 0 aliphatic heterocycles. The number of ether oxygens (including phenoxy) is 1. The van der Waals surface area contributed by atoms with E-state index in [4.69, 9.17) is 13.6 Å². The van der Waals surface area contributed by atoms with Crippen molar-refractivity contribution in [2.24, 2.45) is 0 Å². The molecule has 0 saturated carbocycles. The summed E-state index contributed by atoms with van der Waals surface area (Å²) in [6.45, 7) is 5.63. The topological polar surface area (TPSA) is 98.2 Å². The zero-order valence-electron chi connectivity index (χ0n) is 11.8. The number of rotatable bonds is 8. The number of oxazole rings is 1. The van der Waals surface area contributed by atoms with Crippen LogP contribution in [0.1, 0.15) is 30.5 Å². The van der Waals surface area contributed by atoms with Crippen LogP contribution >= 0.6 is 0 Å². The molecule has 0 saturated heterocycles. The van der Waals surface area contributed by atoms with Crippen LogP contribution in [-0.4, -0.2) is 35.4 Å². The molecule has 8 heteroatoms. The highest BCUT2D eigenvalue weighted by atomic mass is 16.5. The van der Waals surface area contributed by atoms with Crippen LogP contribution in [0.2, 0.25) is 0 Å². The molecule has 0 aliphatic carbocycles. The van der Waals surface area contributed by atoms with Crippen molar-refractivity contribution in [1.29, 1.82) is 0 Å². The first-order valence-corrected chi connectivity index (χ1v) is 6.40. The minimum atomic E-state index is -0.140. The van der Waals surface area contributed by atoms with E-state index in [0.29, 0.717) is 30.9 Å². The zero-order chi connectivity index (χ0) is 14.4. The lowest BCUT2D eigenvalue weighted by Gasteiger charge is -2.06. The molecule has 1 atom stereocenters. The van der Waals surface area contributed by atoms with Gasteiger partial charge in [-0.25, -0.2) is 4.98 Å². The lowest BCUT2D eigenvalue weighted by atomic mass is 10.3. The fourth-order valence-corrected chi connectivity index (χ4v) is 1.57. The molecule has 0 aromatic carbocycles. The maximum Gasteiger partial charge on any atom is 0.316 e. The number of nitrogens with one attached hydrogen (secondary N) is 2. The number of hydrogen-bond donors (Lipinski definition) is 2. The van der Waals surface area contributed by atoms with E-state index in [1.807, 2.05) is 13.8 Å². The van der Waals surface area contributed by atoms with Gasteiger partial charge in [-0.3, -0.25) is 0 Å². The molecular formula is C12H19N5O3. The molecule has 2 N–H and O–H groups in total. The second-order valence-corrected chi connectivity index (χ2v) is 4.35. The van der Waals surface area contributed by atoms with Crippen LogP contribution in [0.4, 0.5) is 6.01 Å². The minimum Gasteiger partial charge on any atom is -0.444 e. The van der Waals surface area contributed by atoms with Gasteiger partial charge in [-0.05, 0) is 13.8 Å². The molecule has 0 bridgehead atoms. The van der Waals surface area contributed by atoms with Gasteiger partial charge in [0.2, 0.25) is 11.8 Å². The van der Waals surface area contributed by atoms with Gasteiger partial charge >= 0.3 is 6.01 Å². The van der Waals surface area contributed by atoms with Crippen LogP contribution in [0.5, 0.6) is 0 Å². The summed E-state index contributed by atoms with van der Waals surface area (Å²) in [4.78, 5) is 4.14. The molecule has 110 valence electrons. The first-order chi connectivity index (χ1) is 9.69. The standard InChI is InChI=1S/C12H19N5O3/c1-8-6-14-11(19-8)9(2)15-12-17-16-10(20-12)7-13-4-5-18-3/h6,9,13H,4-5,7H2,1-3H3,(H,15,17). The first-order valence-electron chi connectivity index (χ1n) is 6.40. The molecule has 8 nitrogen and oxygen atoms in total. The van der Waals surface area contributed by atoms with Gasteiger partial charge in [0.15, 0.2) is 0 Å². The predicted octanol–water partition coefficient (Wildman–Crippen LogP) is 1.28. The summed E-state index contributed by atoms with van der Waals surface area (Å²) in [5.41, 5.74) is 0. The molecule has 2 aromatic rings. The molecule has 20 heavy (non-hydrogen) atoms. The zero-order valence-corrected chi connectivity index (χ0v) is 11.8. The Hall–Kier alpha value is -1.93. The van der Waals surface area contributed by atoms with Crippen molar-refractivity contribution in [3.63, 3.8) is 0 Å². The van der Waals surface area contributed by atoms with Gasteiger partial charge in [0.25, 0.3) is 0 Å². The summed E-state index contributed by atoms with van der Waals surface area (Å²) < 4.78 is 15.8. The van der Waals surface area contributed by atoms with E-state index in [0.717, 1.165) is 12.3 Å². The molecule has 0 aliphatic rings. The predicted molar refractivity (Wildman–Crippen MR) is 71.2 cm³/mol. The average Bonchev–Trinajstić information content (AvgIpc) is 3.04. The monoisotopic (exact) mass is 281 g/mol. The van der Waals surface area contributed by atoms with E-state index in [2.05, 4.69) is 25.8 Å². The van der Waals surface area contributed by atoms with Crippen molar-refractivity contribution < 1.29 is 13.6 Å². The van der Waals surface area contributed by atoms with Gasteiger partial charge in [-0.15, -0.1) is 5.10 Å². The van der Waals surface area contributed by atoms with Crippen LogP contribution < -0.4 is 10.6 Å². The van der Waals surface area contributed by atoms with Crippen molar-refractivity contribution >= 4 is 6.01 Å². The Bertz CT molecular complexity index is 525. The Labute approximate surface area is 116 Å². The van der Waals surface area contributed by atoms with Crippen molar-refractivity contribution in [3.05, 3.63) is 23.7 Å². The highest BCUT2D eigenvalue weighted by molar-refractivity contribution is 5.21. The van der Waals surface area contributed by atoms with Crippen molar-refractivity contribution in [2.45, 2.75) is 26.4 Å². The van der Waals surface area contributed by atoms with Crippen LogP contribution in [0.15, 0.2) is 15.0 Å². The number of anilines is 1. The SMILES string of the molecule is COCCNCc1nnc(NC(C)c2ncc(C)o2)o1. The summed E-state index contributed by atoms with van der Waals surface area (Å²) in [6.07, 6.45) is 1.67. The fourth-order valence-electron chi connectivity index (χ4n) is 1.57. The maximum atomic E-state index is 5.46. The van der Waals surface area contributed by atoms with Gasteiger partial charge in [-0.1, -0.05) is 5.10 Å². The van der Waals surface area contributed by atoms with Crippen LogP contribution in [0, 0.1) is 6.92 Å². The van der Waals surface area contributed by atoms with Crippen molar-refractivity contribution in [3.8, 4) is 0 Å². The van der Waals surface area contributed by atoms with E-state index in [9.17, 15) is 0 Å². The highest BCUT2D eigenvalue weighted by Gasteiger charge is 2.14. The Morgan fingerprint density at radius 3 is 2.90 bits per heavy atom. The summed E-state index contributed by atoms with van der Waals surface area (Å²) in [6, 6.07) is 0.204. The molecule has 2 aromatic heterocycles. The highest BCUT2D eigenvalue weighted by Crippen LogP contribution is 2.17. The normalized spacial score (nSPS) is 12.6.